The molecule has 0 saturated carbocycles. The van der Waals surface area contributed by atoms with Gasteiger partial charge in [-0.3, -0.25) is 9.59 Å². The fourth-order valence-corrected chi connectivity index (χ4v) is 4.48. The van der Waals surface area contributed by atoms with Gasteiger partial charge < -0.3 is 30.1 Å². The van der Waals surface area contributed by atoms with Crippen LogP contribution in [0, 0.1) is 0 Å². The number of amides is 3. The van der Waals surface area contributed by atoms with Crippen molar-refractivity contribution in [2.75, 3.05) is 30.9 Å². The van der Waals surface area contributed by atoms with Crippen LogP contribution < -0.4 is 20.1 Å². The first-order chi connectivity index (χ1) is 18.4. The number of anilines is 2. The second-order valence-corrected chi connectivity index (χ2v) is 9.07. The maximum Gasteiger partial charge on any atom is 0.323 e. The molecule has 1 fully saturated rings. The summed E-state index contributed by atoms with van der Waals surface area (Å²) in [5.41, 5.74) is 2.60. The first kappa shape index (κ1) is 26.5. The quantitative estimate of drug-likeness (QED) is 0.363. The van der Waals surface area contributed by atoms with Gasteiger partial charge in [-0.25, -0.2) is 4.79 Å². The number of aliphatic carboxylic acids is 1. The van der Waals surface area contributed by atoms with Gasteiger partial charge in [0.05, 0.1) is 31.7 Å². The molecule has 9 nitrogen and oxygen atoms in total. The average molecular weight is 518 g/mol. The Morgan fingerprint density at radius 3 is 2.50 bits per heavy atom. The first-order valence-electron chi connectivity index (χ1n) is 12.4. The summed E-state index contributed by atoms with van der Waals surface area (Å²) in [5, 5.41) is 14.5. The van der Waals surface area contributed by atoms with Gasteiger partial charge in [0.25, 0.3) is 0 Å². The molecular weight excluding hydrogens is 486 g/mol. The summed E-state index contributed by atoms with van der Waals surface area (Å²) < 4.78 is 11.4. The van der Waals surface area contributed by atoms with Crippen LogP contribution in [0.4, 0.5) is 16.2 Å². The highest BCUT2D eigenvalue weighted by atomic mass is 16.5. The molecule has 0 aromatic heterocycles. The van der Waals surface area contributed by atoms with Crippen molar-refractivity contribution >= 4 is 29.3 Å². The van der Waals surface area contributed by atoms with Crippen LogP contribution in [0.25, 0.3) is 0 Å². The molecule has 0 radical (unpaired) electrons. The molecule has 0 bridgehead atoms. The predicted octanol–water partition coefficient (Wildman–Crippen LogP) is 4.58. The van der Waals surface area contributed by atoms with Crippen molar-refractivity contribution in [3.63, 3.8) is 0 Å². The number of nitrogens with one attached hydrogen (secondary N) is 2. The van der Waals surface area contributed by atoms with E-state index in [1.165, 1.54) is 7.11 Å². The molecule has 1 unspecified atom stereocenters. The van der Waals surface area contributed by atoms with Gasteiger partial charge in [-0.05, 0) is 60.4 Å². The summed E-state index contributed by atoms with van der Waals surface area (Å²) in [6.45, 7) is 0.993. The van der Waals surface area contributed by atoms with E-state index in [2.05, 4.69) is 10.6 Å². The highest BCUT2D eigenvalue weighted by molar-refractivity contribution is 6.00. The minimum atomic E-state index is -0.898. The number of hydrogen-bond donors (Lipinski definition) is 3. The van der Waals surface area contributed by atoms with Crippen LogP contribution in [0.5, 0.6) is 11.5 Å². The zero-order valence-electron chi connectivity index (χ0n) is 21.2. The molecule has 3 aromatic rings. The van der Waals surface area contributed by atoms with E-state index >= 15 is 0 Å². The number of hydrogen-bond acceptors (Lipinski definition) is 5. The zero-order valence-corrected chi connectivity index (χ0v) is 21.2. The van der Waals surface area contributed by atoms with E-state index in [1.54, 1.807) is 54.6 Å². The zero-order chi connectivity index (χ0) is 26.9. The largest absolute Gasteiger partial charge is 0.495 e. The number of carbonyl (C=O) groups is 3. The van der Waals surface area contributed by atoms with Gasteiger partial charge in [-0.15, -0.1) is 0 Å². The van der Waals surface area contributed by atoms with Crippen molar-refractivity contribution < 1.29 is 29.0 Å². The lowest BCUT2D eigenvalue weighted by atomic mass is 10.1. The summed E-state index contributed by atoms with van der Waals surface area (Å²) in [5.74, 6) is 0.138. The third kappa shape index (κ3) is 7.25. The molecule has 38 heavy (non-hydrogen) atoms. The lowest BCUT2D eigenvalue weighted by molar-refractivity contribution is -0.136. The van der Waals surface area contributed by atoms with E-state index < -0.39 is 12.0 Å². The van der Waals surface area contributed by atoms with Crippen molar-refractivity contribution in [2.45, 2.75) is 31.7 Å². The minimum absolute atomic E-state index is 0.0136. The van der Waals surface area contributed by atoms with Crippen LogP contribution in [0.3, 0.4) is 0 Å². The number of nitrogens with zero attached hydrogens (tertiary/aromatic N) is 1. The molecule has 0 aliphatic carbocycles. The Labute approximate surface area is 221 Å². The number of likely N-dealkylation sites (tertiary alicyclic amines) is 1. The third-order valence-electron chi connectivity index (χ3n) is 6.29. The summed E-state index contributed by atoms with van der Waals surface area (Å²) >= 11 is 0. The van der Waals surface area contributed by atoms with E-state index in [9.17, 15) is 14.4 Å². The number of benzene rings is 3. The van der Waals surface area contributed by atoms with Gasteiger partial charge in [-0.1, -0.05) is 36.4 Å². The Morgan fingerprint density at radius 1 is 0.947 bits per heavy atom. The predicted molar refractivity (Wildman–Crippen MR) is 144 cm³/mol. The molecule has 3 N–H and O–H groups in total. The standard InChI is InChI=1S/C29H31N3O6/c1-37-26-16-21(12-13-25(26)31-29(36)30-22-8-3-2-4-9-22)17-27(33)32-14-6-10-23(32)19-38-24-11-5-7-20(15-24)18-28(34)35/h2-5,7-9,11-13,15-16,23H,6,10,14,17-19H2,1H3,(H,34,35)(H2,30,31,36). The number of para-hydroxylation sites is 1. The van der Waals surface area contributed by atoms with Crippen molar-refractivity contribution in [2.24, 2.45) is 0 Å². The summed E-state index contributed by atoms with van der Waals surface area (Å²) in [6.07, 6.45) is 1.85. The molecule has 4 rings (SSSR count). The summed E-state index contributed by atoms with van der Waals surface area (Å²) in [4.78, 5) is 38.4. The minimum Gasteiger partial charge on any atom is -0.495 e. The van der Waals surface area contributed by atoms with Crippen LogP contribution >= 0.6 is 0 Å². The highest BCUT2D eigenvalue weighted by Crippen LogP contribution is 2.27. The van der Waals surface area contributed by atoms with E-state index in [-0.39, 0.29) is 24.8 Å². The van der Waals surface area contributed by atoms with Crippen molar-refractivity contribution in [1.82, 2.24) is 4.90 Å². The SMILES string of the molecule is COc1cc(CC(=O)N2CCCC2COc2cccc(CC(=O)O)c2)ccc1NC(=O)Nc1ccccc1. The van der Waals surface area contributed by atoms with Crippen LogP contribution in [-0.4, -0.2) is 54.2 Å². The molecule has 198 valence electrons. The number of carbonyl (C=O) groups excluding carboxylic acids is 2. The van der Waals surface area contributed by atoms with Crippen LogP contribution in [0.15, 0.2) is 72.8 Å². The topological polar surface area (TPSA) is 117 Å². The third-order valence-corrected chi connectivity index (χ3v) is 6.29. The molecule has 9 heteroatoms. The fourth-order valence-electron chi connectivity index (χ4n) is 4.48. The van der Waals surface area contributed by atoms with Crippen LogP contribution in [-0.2, 0) is 22.4 Å². The average Bonchev–Trinajstić information content (AvgIpc) is 3.38. The Hall–Kier alpha value is -4.53. The fraction of sp³-hybridized carbons (Fsp3) is 0.276. The van der Waals surface area contributed by atoms with Gasteiger partial charge >= 0.3 is 12.0 Å². The van der Waals surface area contributed by atoms with E-state index in [4.69, 9.17) is 14.6 Å². The van der Waals surface area contributed by atoms with E-state index in [1.807, 2.05) is 23.1 Å². The van der Waals surface area contributed by atoms with Crippen molar-refractivity contribution in [3.8, 4) is 11.5 Å². The second kappa shape index (κ2) is 12.6. The maximum absolute atomic E-state index is 13.2. The number of methoxy groups -OCH3 is 1. The molecule has 1 atom stereocenters. The molecule has 1 aliphatic rings. The lowest BCUT2D eigenvalue weighted by Crippen LogP contribution is -2.39. The lowest BCUT2D eigenvalue weighted by Gasteiger charge is -2.25. The van der Waals surface area contributed by atoms with Gasteiger partial charge in [0.2, 0.25) is 5.91 Å². The maximum atomic E-state index is 13.2. The molecule has 0 spiro atoms. The number of urea groups is 1. The van der Waals surface area contributed by atoms with E-state index in [0.717, 1.165) is 18.4 Å². The van der Waals surface area contributed by atoms with Gasteiger partial charge in [0.15, 0.2) is 0 Å². The highest BCUT2D eigenvalue weighted by Gasteiger charge is 2.29. The molecule has 1 aliphatic heterocycles. The summed E-state index contributed by atoms with van der Waals surface area (Å²) in [7, 11) is 1.51. The smallest absolute Gasteiger partial charge is 0.323 e. The van der Waals surface area contributed by atoms with Gasteiger partial charge in [-0.2, -0.15) is 0 Å². The Kier molecular flexibility index (Phi) is 8.81. The Morgan fingerprint density at radius 2 is 1.74 bits per heavy atom. The summed E-state index contributed by atoms with van der Waals surface area (Å²) in [6, 6.07) is 21.0. The monoisotopic (exact) mass is 517 g/mol. The number of carboxylic acid groups (broad SMARTS) is 1. The van der Waals surface area contributed by atoms with Crippen LogP contribution in [0.1, 0.15) is 24.0 Å². The normalized spacial score (nSPS) is 14.6. The van der Waals surface area contributed by atoms with Crippen molar-refractivity contribution in [1.29, 1.82) is 0 Å². The van der Waals surface area contributed by atoms with Gasteiger partial charge in [0.1, 0.15) is 18.1 Å². The molecule has 1 heterocycles. The number of rotatable bonds is 10. The molecule has 3 aromatic carbocycles. The number of ether oxygens (including phenoxy) is 2. The van der Waals surface area contributed by atoms with Crippen LogP contribution in [0.2, 0.25) is 0 Å². The first-order valence-corrected chi connectivity index (χ1v) is 12.4. The Bertz CT molecular complexity index is 1280. The van der Waals surface area contributed by atoms with Crippen molar-refractivity contribution in [3.05, 3.63) is 83.9 Å². The molecule has 3 amide bonds. The molecule has 1 saturated heterocycles. The van der Waals surface area contributed by atoms with E-state index in [0.29, 0.717) is 41.6 Å². The Balaban J connectivity index is 1.34. The second-order valence-electron chi connectivity index (χ2n) is 9.07. The molecular formula is C29H31N3O6. The van der Waals surface area contributed by atoms with Gasteiger partial charge in [0, 0.05) is 12.2 Å². The number of carboxylic acids is 1.